The molecule has 0 aliphatic carbocycles. The third kappa shape index (κ3) is 5.28. The standard InChI is InChI=1S/C24H21ClFN3O6/c1-34-16-9-21(29(10-16)24(33)27-15-5-3-14(25)4-6-15)22(30)28-20-7-2-13(8-19(20)26)17-11-35-12-18(17)23(31)32/h2-8,11-12,16,21H,9-10H2,1H3,(H,27,33)(H,28,30)(H,31,32). The van der Waals surface area contributed by atoms with Crippen molar-refractivity contribution < 1.29 is 33.0 Å². The normalized spacial score (nSPS) is 17.3. The van der Waals surface area contributed by atoms with Gasteiger partial charge < -0.3 is 29.8 Å². The number of anilines is 2. The second-order valence-corrected chi connectivity index (χ2v) is 8.32. The number of hydrogen-bond acceptors (Lipinski definition) is 5. The molecule has 182 valence electrons. The Morgan fingerprint density at radius 3 is 2.54 bits per heavy atom. The highest BCUT2D eigenvalue weighted by Gasteiger charge is 2.40. The number of rotatable bonds is 6. The number of ether oxygens (including phenoxy) is 1. The van der Waals surface area contributed by atoms with Crippen molar-refractivity contribution in [1.82, 2.24) is 4.90 Å². The molecule has 2 unspecified atom stereocenters. The second kappa shape index (κ2) is 10.2. The van der Waals surface area contributed by atoms with Crippen molar-refractivity contribution in [2.75, 3.05) is 24.3 Å². The lowest BCUT2D eigenvalue weighted by Gasteiger charge is -2.24. The molecule has 2 atom stereocenters. The summed E-state index contributed by atoms with van der Waals surface area (Å²) < 4.78 is 25.1. The monoisotopic (exact) mass is 501 g/mol. The highest BCUT2D eigenvalue weighted by molar-refractivity contribution is 6.30. The molecule has 1 fully saturated rings. The van der Waals surface area contributed by atoms with Gasteiger partial charge in [-0.2, -0.15) is 0 Å². The summed E-state index contributed by atoms with van der Waals surface area (Å²) in [5.74, 6) is -2.57. The molecule has 4 rings (SSSR count). The Morgan fingerprint density at radius 2 is 1.89 bits per heavy atom. The largest absolute Gasteiger partial charge is 0.478 e. The van der Waals surface area contributed by atoms with Crippen LogP contribution in [0.2, 0.25) is 5.02 Å². The molecule has 35 heavy (non-hydrogen) atoms. The summed E-state index contributed by atoms with van der Waals surface area (Å²) in [4.78, 5) is 38.5. The molecule has 9 nitrogen and oxygen atoms in total. The molecule has 0 radical (unpaired) electrons. The van der Waals surface area contributed by atoms with Crippen molar-refractivity contribution in [2.24, 2.45) is 0 Å². The first-order valence-electron chi connectivity index (χ1n) is 10.5. The SMILES string of the molecule is COC1CC(C(=O)Nc2ccc(-c3cocc3C(=O)O)cc2F)N(C(=O)Nc2ccc(Cl)cc2)C1. The molecule has 0 spiro atoms. The minimum atomic E-state index is -1.21. The van der Waals surface area contributed by atoms with E-state index in [-0.39, 0.29) is 41.4 Å². The Morgan fingerprint density at radius 1 is 1.14 bits per heavy atom. The van der Waals surface area contributed by atoms with Crippen molar-refractivity contribution in [3.05, 3.63) is 71.4 Å². The van der Waals surface area contributed by atoms with E-state index >= 15 is 0 Å². The van der Waals surface area contributed by atoms with Crippen LogP contribution in [0.15, 0.2) is 59.4 Å². The molecular formula is C24H21ClFN3O6. The number of carboxylic acids is 1. The number of hydrogen-bond donors (Lipinski definition) is 3. The fourth-order valence-corrected chi connectivity index (χ4v) is 3.98. The van der Waals surface area contributed by atoms with Crippen LogP contribution in [0.3, 0.4) is 0 Å². The second-order valence-electron chi connectivity index (χ2n) is 7.89. The van der Waals surface area contributed by atoms with Crippen molar-refractivity contribution in [2.45, 2.75) is 18.6 Å². The number of benzene rings is 2. The van der Waals surface area contributed by atoms with Gasteiger partial charge in [-0.3, -0.25) is 4.79 Å². The van der Waals surface area contributed by atoms with Gasteiger partial charge in [-0.15, -0.1) is 0 Å². The number of urea groups is 1. The van der Waals surface area contributed by atoms with E-state index in [1.165, 1.54) is 30.4 Å². The number of methoxy groups -OCH3 is 1. The fourth-order valence-electron chi connectivity index (χ4n) is 3.86. The van der Waals surface area contributed by atoms with Gasteiger partial charge in [0.2, 0.25) is 5.91 Å². The maximum absolute atomic E-state index is 14.8. The van der Waals surface area contributed by atoms with Crippen LogP contribution in [0, 0.1) is 5.82 Å². The van der Waals surface area contributed by atoms with Gasteiger partial charge in [0.1, 0.15) is 23.7 Å². The number of nitrogens with zero attached hydrogens (tertiary/aromatic N) is 1. The van der Waals surface area contributed by atoms with Crippen LogP contribution in [0.25, 0.3) is 11.1 Å². The maximum atomic E-state index is 14.8. The molecule has 3 N–H and O–H groups in total. The Balaban J connectivity index is 1.50. The van der Waals surface area contributed by atoms with E-state index in [1.54, 1.807) is 24.3 Å². The minimum Gasteiger partial charge on any atom is -0.478 e. The summed E-state index contributed by atoms with van der Waals surface area (Å²) in [6.45, 7) is 0.174. The van der Waals surface area contributed by atoms with Crippen LogP contribution in [0.5, 0.6) is 0 Å². The van der Waals surface area contributed by atoms with Crippen LogP contribution < -0.4 is 10.6 Å². The van der Waals surface area contributed by atoms with E-state index in [1.807, 2.05) is 0 Å². The average molecular weight is 502 g/mol. The lowest BCUT2D eigenvalue weighted by atomic mass is 10.0. The Hall–Kier alpha value is -3.89. The van der Waals surface area contributed by atoms with E-state index in [0.717, 1.165) is 12.3 Å². The summed E-state index contributed by atoms with van der Waals surface area (Å²) in [5.41, 5.74) is 0.758. The quantitative estimate of drug-likeness (QED) is 0.450. The number of furan rings is 1. The lowest BCUT2D eigenvalue weighted by molar-refractivity contribution is -0.119. The van der Waals surface area contributed by atoms with Crippen LogP contribution in [0.4, 0.5) is 20.6 Å². The molecular weight excluding hydrogens is 481 g/mol. The molecule has 3 aromatic rings. The molecule has 2 heterocycles. The molecule has 1 aliphatic rings. The summed E-state index contributed by atoms with van der Waals surface area (Å²) in [5, 5.41) is 15.0. The van der Waals surface area contributed by atoms with Crippen molar-refractivity contribution >= 4 is 40.9 Å². The molecule has 11 heteroatoms. The van der Waals surface area contributed by atoms with Crippen LogP contribution in [0.1, 0.15) is 16.8 Å². The van der Waals surface area contributed by atoms with E-state index in [2.05, 4.69) is 10.6 Å². The summed E-state index contributed by atoms with van der Waals surface area (Å²) >= 11 is 5.87. The fraction of sp³-hybridized carbons (Fsp3) is 0.208. The highest BCUT2D eigenvalue weighted by Crippen LogP contribution is 2.29. The Bertz CT molecular complexity index is 1260. The molecule has 1 saturated heterocycles. The number of carbonyl (C=O) groups excluding carboxylic acids is 2. The van der Waals surface area contributed by atoms with Crippen LogP contribution in [-0.4, -0.2) is 53.7 Å². The molecule has 1 aromatic heterocycles. The van der Waals surface area contributed by atoms with E-state index < -0.39 is 29.8 Å². The van der Waals surface area contributed by atoms with E-state index in [4.69, 9.17) is 20.8 Å². The first-order chi connectivity index (χ1) is 16.8. The molecule has 3 amide bonds. The minimum absolute atomic E-state index is 0.111. The number of carbonyl (C=O) groups is 3. The number of likely N-dealkylation sites (tertiary alicyclic amines) is 1. The van der Waals surface area contributed by atoms with Crippen molar-refractivity contribution in [1.29, 1.82) is 0 Å². The van der Waals surface area contributed by atoms with Crippen molar-refractivity contribution in [3.8, 4) is 11.1 Å². The average Bonchev–Trinajstić information content (AvgIpc) is 3.49. The Labute approximate surface area is 204 Å². The third-order valence-corrected chi connectivity index (χ3v) is 5.94. The number of halogens is 2. The van der Waals surface area contributed by atoms with Crippen molar-refractivity contribution in [3.63, 3.8) is 0 Å². The summed E-state index contributed by atoms with van der Waals surface area (Å²) in [7, 11) is 1.49. The Kier molecular flexibility index (Phi) is 7.04. The lowest BCUT2D eigenvalue weighted by Crippen LogP contribution is -2.45. The first-order valence-corrected chi connectivity index (χ1v) is 10.9. The van der Waals surface area contributed by atoms with Crippen LogP contribution in [-0.2, 0) is 9.53 Å². The van der Waals surface area contributed by atoms with E-state index in [9.17, 15) is 23.9 Å². The number of nitrogens with one attached hydrogen (secondary N) is 2. The molecule has 0 saturated carbocycles. The maximum Gasteiger partial charge on any atom is 0.339 e. The zero-order valence-electron chi connectivity index (χ0n) is 18.5. The van der Waals surface area contributed by atoms with Gasteiger partial charge in [-0.1, -0.05) is 17.7 Å². The number of amides is 3. The van der Waals surface area contributed by atoms with Gasteiger partial charge in [-0.25, -0.2) is 14.0 Å². The van der Waals surface area contributed by atoms with Gasteiger partial charge in [0, 0.05) is 36.3 Å². The predicted octanol–water partition coefficient (Wildman–Crippen LogP) is 4.70. The zero-order valence-corrected chi connectivity index (χ0v) is 19.2. The van der Waals surface area contributed by atoms with Crippen LogP contribution >= 0.6 is 11.6 Å². The molecule has 2 aromatic carbocycles. The third-order valence-electron chi connectivity index (χ3n) is 5.69. The summed E-state index contributed by atoms with van der Waals surface area (Å²) in [6.07, 6.45) is 2.12. The zero-order chi connectivity index (χ0) is 25.1. The smallest absolute Gasteiger partial charge is 0.339 e. The predicted molar refractivity (Wildman–Crippen MR) is 126 cm³/mol. The van der Waals surface area contributed by atoms with Gasteiger partial charge in [0.25, 0.3) is 0 Å². The van der Waals surface area contributed by atoms with Gasteiger partial charge in [0.05, 0.1) is 18.1 Å². The summed E-state index contributed by atoms with van der Waals surface area (Å²) in [6, 6.07) is 8.98. The van der Waals surface area contributed by atoms with E-state index in [0.29, 0.717) is 10.7 Å². The first kappa shape index (κ1) is 24.2. The highest BCUT2D eigenvalue weighted by atomic mass is 35.5. The van der Waals surface area contributed by atoms with Gasteiger partial charge in [-0.05, 0) is 42.0 Å². The van der Waals surface area contributed by atoms with Gasteiger partial charge in [0.15, 0.2) is 0 Å². The topological polar surface area (TPSA) is 121 Å². The van der Waals surface area contributed by atoms with Gasteiger partial charge >= 0.3 is 12.0 Å². The number of carboxylic acid groups (broad SMARTS) is 1. The molecule has 0 bridgehead atoms. The number of aromatic carboxylic acids is 1. The molecule has 1 aliphatic heterocycles.